The van der Waals surface area contributed by atoms with Crippen LogP contribution in [0.2, 0.25) is 0 Å². The van der Waals surface area contributed by atoms with E-state index in [0.717, 1.165) is 6.42 Å². The summed E-state index contributed by atoms with van der Waals surface area (Å²) in [5.74, 6) is 5.37. The monoisotopic (exact) mass is 474 g/mol. The van der Waals surface area contributed by atoms with Gasteiger partial charge in [-0.2, -0.15) is 0 Å². The molecule has 162 valence electrons. The minimum absolute atomic E-state index is 0.200. The Morgan fingerprint density at radius 1 is 0.759 bits per heavy atom. The number of carbonyl (C=O) groups excluding carboxylic acids is 2. The van der Waals surface area contributed by atoms with Gasteiger partial charge in [-0.05, 0) is 32.1 Å². The Labute approximate surface area is 191 Å². The Kier molecular flexibility index (Phi) is 8.84. The van der Waals surface area contributed by atoms with E-state index in [0.29, 0.717) is 45.4 Å². The van der Waals surface area contributed by atoms with Crippen LogP contribution in [0.5, 0.6) is 0 Å². The molecule has 29 heavy (non-hydrogen) atoms. The molecule has 8 heteroatoms. The second-order valence-corrected chi connectivity index (χ2v) is 13.5. The summed E-state index contributed by atoms with van der Waals surface area (Å²) in [6.07, 6.45) is 1.11. The maximum Gasteiger partial charge on any atom is 0.333 e. The second kappa shape index (κ2) is 10.9. The van der Waals surface area contributed by atoms with E-state index < -0.39 is 0 Å². The fraction of sp³-hybridized carbons (Fsp3) is 0.714. The van der Waals surface area contributed by atoms with Crippen molar-refractivity contribution in [2.24, 2.45) is 23.7 Å². The summed E-state index contributed by atoms with van der Waals surface area (Å²) in [5.41, 5.74) is 0.848. The van der Waals surface area contributed by atoms with E-state index in [4.69, 9.17) is 9.47 Å². The highest BCUT2D eigenvalue weighted by Gasteiger charge is 2.51. The summed E-state index contributed by atoms with van der Waals surface area (Å²) < 4.78 is 12.4. The summed E-state index contributed by atoms with van der Waals surface area (Å²) >= 11 is 8.12. The Morgan fingerprint density at radius 3 is 1.41 bits per heavy atom. The number of carbonyl (C=O) groups is 2. The van der Waals surface area contributed by atoms with E-state index >= 15 is 0 Å². The highest BCUT2D eigenvalue weighted by atomic mass is 32.2. The van der Waals surface area contributed by atoms with Crippen molar-refractivity contribution in [1.82, 2.24) is 0 Å². The van der Waals surface area contributed by atoms with E-state index in [-0.39, 0.29) is 23.8 Å². The standard InChI is InChI=1S/C21H30O4S4/c1-12(2)18(22)24-10-16-14(20-26-5-6-27-20)9-15(21-28-7-8-29-21)17(16)11-25-19(23)13(3)4/h14-17,20-21H,1,3,5-11H2,2,4H3/t14-,15+,16-,17+. The Bertz CT molecular complexity index is 587. The van der Waals surface area contributed by atoms with Gasteiger partial charge in [0, 0.05) is 46.0 Å². The number of rotatable bonds is 8. The third kappa shape index (κ3) is 5.95. The van der Waals surface area contributed by atoms with Crippen LogP contribution in [-0.2, 0) is 19.1 Å². The van der Waals surface area contributed by atoms with Crippen LogP contribution in [0.1, 0.15) is 20.3 Å². The van der Waals surface area contributed by atoms with Crippen LogP contribution in [0.15, 0.2) is 24.3 Å². The van der Waals surface area contributed by atoms with Crippen LogP contribution in [0, 0.1) is 23.7 Å². The molecule has 1 saturated carbocycles. The highest BCUT2D eigenvalue weighted by Crippen LogP contribution is 2.56. The van der Waals surface area contributed by atoms with Gasteiger partial charge in [-0.3, -0.25) is 0 Å². The molecule has 0 N–H and O–H groups in total. The Balaban J connectivity index is 1.79. The van der Waals surface area contributed by atoms with Gasteiger partial charge in [0.15, 0.2) is 0 Å². The Morgan fingerprint density at radius 2 is 1.10 bits per heavy atom. The van der Waals surface area contributed by atoms with Crippen molar-refractivity contribution in [3.8, 4) is 0 Å². The average Bonchev–Trinajstić information content (AvgIpc) is 3.44. The average molecular weight is 475 g/mol. The molecule has 0 radical (unpaired) electrons. The van der Waals surface area contributed by atoms with E-state index in [1.165, 1.54) is 23.0 Å². The SMILES string of the molecule is C=C(C)C(=O)OC[C@@H]1[C@H](COC(=O)C(=C)C)[C@H](C2SCCS2)C[C@@H]1C1SCCS1. The number of esters is 2. The van der Waals surface area contributed by atoms with Crippen molar-refractivity contribution in [3.05, 3.63) is 24.3 Å². The van der Waals surface area contributed by atoms with Crippen molar-refractivity contribution in [3.63, 3.8) is 0 Å². The molecule has 3 fully saturated rings. The highest BCUT2D eigenvalue weighted by molar-refractivity contribution is 8.20. The molecule has 0 aromatic rings. The van der Waals surface area contributed by atoms with Gasteiger partial charge in [-0.25, -0.2) is 9.59 Å². The van der Waals surface area contributed by atoms with Gasteiger partial charge in [0.25, 0.3) is 0 Å². The molecular weight excluding hydrogens is 444 g/mol. The number of ether oxygens (including phenoxy) is 2. The van der Waals surface area contributed by atoms with Gasteiger partial charge in [-0.1, -0.05) is 13.2 Å². The first-order valence-electron chi connectivity index (χ1n) is 10.00. The largest absolute Gasteiger partial charge is 0.462 e. The van der Waals surface area contributed by atoms with Crippen molar-refractivity contribution in [1.29, 1.82) is 0 Å². The van der Waals surface area contributed by atoms with Gasteiger partial charge in [0.05, 0.1) is 22.4 Å². The number of hydrogen-bond donors (Lipinski definition) is 0. The van der Waals surface area contributed by atoms with Gasteiger partial charge < -0.3 is 9.47 Å². The van der Waals surface area contributed by atoms with Crippen LogP contribution in [-0.4, -0.2) is 57.3 Å². The van der Waals surface area contributed by atoms with Crippen molar-refractivity contribution >= 4 is 59.0 Å². The van der Waals surface area contributed by atoms with Crippen molar-refractivity contribution in [2.75, 3.05) is 36.2 Å². The molecule has 4 nitrogen and oxygen atoms in total. The molecule has 0 aromatic carbocycles. The first-order chi connectivity index (χ1) is 13.9. The van der Waals surface area contributed by atoms with Crippen LogP contribution in [0.3, 0.4) is 0 Å². The maximum atomic E-state index is 12.1. The maximum absolute atomic E-state index is 12.1. The van der Waals surface area contributed by atoms with Gasteiger partial charge in [-0.15, -0.1) is 47.0 Å². The minimum atomic E-state index is -0.332. The van der Waals surface area contributed by atoms with Gasteiger partial charge in [0.2, 0.25) is 0 Å². The van der Waals surface area contributed by atoms with Crippen LogP contribution < -0.4 is 0 Å². The third-order valence-electron chi connectivity index (χ3n) is 5.70. The van der Waals surface area contributed by atoms with Crippen molar-refractivity contribution in [2.45, 2.75) is 29.4 Å². The van der Waals surface area contributed by atoms with E-state index in [1.807, 2.05) is 47.0 Å². The molecule has 0 spiro atoms. The van der Waals surface area contributed by atoms with Crippen LogP contribution in [0.25, 0.3) is 0 Å². The van der Waals surface area contributed by atoms with Gasteiger partial charge >= 0.3 is 11.9 Å². The molecule has 3 rings (SSSR count). The lowest BCUT2D eigenvalue weighted by atomic mass is 9.89. The van der Waals surface area contributed by atoms with Crippen LogP contribution >= 0.6 is 47.0 Å². The minimum Gasteiger partial charge on any atom is -0.462 e. The summed E-state index contributed by atoms with van der Waals surface area (Å²) in [7, 11) is 0. The van der Waals surface area contributed by atoms with E-state index in [1.54, 1.807) is 13.8 Å². The molecule has 3 aliphatic rings. The summed E-state index contributed by atoms with van der Waals surface area (Å²) in [4.78, 5) is 24.2. The van der Waals surface area contributed by atoms with Crippen molar-refractivity contribution < 1.29 is 19.1 Å². The van der Waals surface area contributed by atoms with Crippen LogP contribution in [0.4, 0.5) is 0 Å². The van der Waals surface area contributed by atoms with E-state index in [2.05, 4.69) is 13.2 Å². The van der Waals surface area contributed by atoms with E-state index in [9.17, 15) is 9.59 Å². The molecule has 0 unspecified atom stereocenters. The zero-order valence-corrected chi connectivity index (χ0v) is 20.4. The zero-order valence-electron chi connectivity index (χ0n) is 17.1. The first-order valence-corrected chi connectivity index (χ1v) is 14.2. The molecule has 0 bridgehead atoms. The zero-order chi connectivity index (χ0) is 21.0. The molecule has 1 aliphatic carbocycles. The second-order valence-electron chi connectivity index (χ2n) is 7.87. The Hall–Kier alpha value is -0.180. The topological polar surface area (TPSA) is 52.6 Å². The molecule has 2 saturated heterocycles. The fourth-order valence-electron chi connectivity index (χ4n) is 4.26. The lowest BCUT2D eigenvalue weighted by molar-refractivity contribution is -0.145. The summed E-state index contributed by atoms with van der Waals surface area (Å²) in [5, 5.41) is 0. The normalized spacial score (nSPS) is 30.4. The summed E-state index contributed by atoms with van der Waals surface area (Å²) in [6.45, 7) is 11.5. The predicted molar refractivity (Wildman–Crippen MR) is 128 cm³/mol. The first kappa shape index (κ1) is 23.5. The fourth-order valence-corrected chi connectivity index (χ4v) is 10.9. The number of thioether (sulfide) groups is 4. The molecule has 0 aromatic heterocycles. The predicted octanol–water partition coefficient (Wildman–Crippen LogP) is 4.71. The molecular formula is C21H30O4S4. The van der Waals surface area contributed by atoms with Gasteiger partial charge in [0.1, 0.15) is 0 Å². The molecule has 2 heterocycles. The molecule has 2 aliphatic heterocycles. The molecule has 0 amide bonds. The smallest absolute Gasteiger partial charge is 0.333 e. The lowest BCUT2D eigenvalue weighted by Gasteiger charge is -2.29. The summed E-state index contributed by atoms with van der Waals surface area (Å²) in [6, 6.07) is 0. The molecule has 4 atom stereocenters. The number of hydrogen-bond acceptors (Lipinski definition) is 8. The lowest BCUT2D eigenvalue weighted by Crippen LogP contribution is -2.32. The quantitative estimate of drug-likeness (QED) is 0.370. The third-order valence-corrected chi connectivity index (χ3v) is 12.3.